The summed E-state index contributed by atoms with van der Waals surface area (Å²) in [6, 6.07) is 20.4. The number of sulfonamides is 1. The highest BCUT2D eigenvalue weighted by Gasteiger charge is 2.32. The van der Waals surface area contributed by atoms with Gasteiger partial charge < -0.3 is 10.2 Å². The zero-order chi connectivity index (χ0) is 30.3. The molecule has 0 radical (unpaired) electrons. The highest BCUT2D eigenvalue weighted by molar-refractivity contribution is 9.10. The Balaban J connectivity index is 2.04. The molecule has 41 heavy (non-hydrogen) atoms. The molecule has 3 rings (SSSR count). The normalized spacial score (nSPS) is 13.0. The van der Waals surface area contributed by atoms with E-state index in [4.69, 9.17) is 0 Å². The number of nitrogens with one attached hydrogen (secondary N) is 1. The second-order valence-corrected chi connectivity index (χ2v) is 13.5. The highest BCUT2D eigenvalue weighted by Crippen LogP contribution is 2.27. The van der Waals surface area contributed by atoms with Crippen LogP contribution in [0.4, 0.5) is 5.69 Å². The lowest BCUT2D eigenvalue weighted by atomic mass is 10.0. The molecule has 0 aromatic heterocycles. The van der Waals surface area contributed by atoms with Gasteiger partial charge in [-0.2, -0.15) is 0 Å². The number of benzene rings is 3. The van der Waals surface area contributed by atoms with E-state index in [0.29, 0.717) is 5.69 Å². The van der Waals surface area contributed by atoms with Gasteiger partial charge >= 0.3 is 0 Å². The molecule has 3 aromatic rings. The van der Waals surface area contributed by atoms with Crippen molar-refractivity contribution in [1.29, 1.82) is 0 Å². The largest absolute Gasteiger partial charge is 0.352 e. The summed E-state index contributed by atoms with van der Waals surface area (Å²) in [7, 11) is -4.10. The minimum Gasteiger partial charge on any atom is -0.352 e. The molecule has 0 saturated heterocycles. The van der Waals surface area contributed by atoms with Gasteiger partial charge in [0.15, 0.2) is 0 Å². The molecule has 7 nitrogen and oxygen atoms in total. The first-order valence-corrected chi connectivity index (χ1v) is 16.1. The maximum atomic E-state index is 14.1. The molecule has 2 amide bonds. The molecule has 1 N–H and O–H groups in total. The van der Waals surface area contributed by atoms with Gasteiger partial charge in [-0.3, -0.25) is 13.9 Å². The zero-order valence-electron chi connectivity index (χ0n) is 24.6. The smallest absolute Gasteiger partial charge is 0.264 e. The van der Waals surface area contributed by atoms with E-state index in [9.17, 15) is 18.0 Å². The van der Waals surface area contributed by atoms with Gasteiger partial charge in [0, 0.05) is 17.1 Å². The molecular weight excluding hydrogens is 602 g/mol. The fraction of sp³-hybridized carbons (Fsp3) is 0.375. The van der Waals surface area contributed by atoms with Crippen LogP contribution in [0.5, 0.6) is 0 Å². The second kappa shape index (κ2) is 14.1. The Bertz CT molecular complexity index is 1440. The van der Waals surface area contributed by atoms with E-state index >= 15 is 0 Å². The molecular formula is C32H40BrN3O4S. The minimum atomic E-state index is -4.10. The van der Waals surface area contributed by atoms with E-state index in [2.05, 4.69) is 35.1 Å². The maximum absolute atomic E-state index is 14.1. The van der Waals surface area contributed by atoms with Crippen LogP contribution in [0.3, 0.4) is 0 Å². The van der Waals surface area contributed by atoms with E-state index in [0.717, 1.165) is 31.9 Å². The molecule has 0 spiro atoms. The third-order valence-corrected chi connectivity index (χ3v) is 9.43. The number of rotatable bonds is 12. The lowest BCUT2D eigenvalue weighted by Crippen LogP contribution is -2.52. The number of carbonyl (C=O) groups excluding carboxylic acids is 2. The van der Waals surface area contributed by atoms with E-state index in [1.54, 1.807) is 43.3 Å². The summed E-state index contributed by atoms with van der Waals surface area (Å²) in [5.74, 6) is -0.518. The lowest BCUT2D eigenvalue weighted by Gasteiger charge is -2.32. The number of hydrogen-bond donors (Lipinski definition) is 1. The quantitative estimate of drug-likeness (QED) is 0.248. The Morgan fingerprint density at radius 3 is 2.12 bits per heavy atom. The number of halogens is 1. The van der Waals surface area contributed by atoms with Gasteiger partial charge in [0.1, 0.15) is 12.6 Å². The number of nitrogens with zero attached hydrogens (tertiary/aromatic N) is 2. The fourth-order valence-corrected chi connectivity index (χ4v) is 6.13. The van der Waals surface area contributed by atoms with E-state index in [-0.39, 0.29) is 29.3 Å². The second-order valence-electron chi connectivity index (χ2n) is 10.7. The minimum absolute atomic E-state index is 0.0642. The summed E-state index contributed by atoms with van der Waals surface area (Å²) in [5, 5.41) is 2.95. The van der Waals surface area contributed by atoms with Crippen LogP contribution in [0.2, 0.25) is 0 Å². The number of aryl methyl sites for hydroxylation is 1. The molecule has 0 aliphatic carbocycles. The molecule has 0 saturated carbocycles. The van der Waals surface area contributed by atoms with Gasteiger partial charge in [0.25, 0.3) is 10.0 Å². The predicted molar refractivity (Wildman–Crippen MR) is 168 cm³/mol. The van der Waals surface area contributed by atoms with E-state index < -0.39 is 28.5 Å². The number of hydrogen-bond acceptors (Lipinski definition) is 4. The highest BCUT2D eigenvalue weighted by atomic mass is 79.9. The van der Waals surface area contributed by atoms with E-state index in [1.807, 2.05) is 57.2 Å². The van der Waals surface area contributed by atoms with Gasteiger partial charge in [-0.15, -0.1) is 0 Å². The van der Waals surface area contributed by atoms with Crippen LogP contribution in [0.15, 0.2) is 82.2 Å². The summed E-state index contributed by atoms with van der Waals surface area (Å²) >= 11 is 3.47. The Morgan fingerprint density at radius 1 is 0.927 bits per heavy atom. The van der Waals surface area contributed by atoms with E-state index in [1.165, 1.54) is 4.90 Å². The standard InChI is InChI=1S/C32H40BrN3O4S/c1-7-24(5)34-32(38)25(6)35(20-26-9-8-10-28(33)19-26)31(37)21-36(29-15-13-27(14-16-29)22(2)3)41(39,40)30-17-11-23(4)12-18-30/h8-19,22,24-25H,7,20-21H2,1-6H3,(H,34,38)/t24-,25-/m0/s1. The first kappa shape index (κ1) is 32.3. The first-order chi connectivity index (χ1) is 19.3. The zero-order valence-corrected chi connectivity index (χ0v) is 27.0. The summed E-state index contributed by atoms with van der Waals surface area (Å²) in [6.07, 6.45) is 0.743. The number of carbonyl (C=O) groups is 2. The Morgan fingerprint density at radius 2 is 1.56 bits per heavy atom. The monoisotopic (exact) mass is 641 g/mol. The van der Waals surface area contributed by atoms with Crippen molar-refractivity contribution in [3.8, 4) is 0 Å². The summed E-state index contributed by atoms with van der Waals surface area (Å²) in [5.41, 5.74) is 3.17. The van der Waals surface area contributed by atoms with Crippen molar-refractivity contribution in [1.82, 2.24) is 10.2 Å². The van der Waals surface area contributed by atoms with Crippen molar-refractivity contribution in [3.63, 3.8) is 0 Å². The molecule has 0 heterocycles. The first-order valence-electron chi connectivity index (χ1n) is 13.9. The third kappa shape index (κ3) is 8.42. The van der Waals surface area contributed by atoms with Gasteiger partial charge in [-0.25, -0.2) is 8.42 Å². The summed E-state index contributed by atoms with van der Waals surface area (Å²) < 4.78 is 29.9. The van der Waals surface area contributed by atoms with Crippen molar-refractivity contribution in [2.24, 2.45) is 0 Å². The van der Waals surface area contributed by atoms with Crippen molar-refractivity contribution in [2.75, 3.05) is 10.8 Å². The molecule has 0 unspecified atom stereocenters. The third-order valence-electron chi connectivity index (χ3n) is 7.15. The van der Waals surface area contributed by atoms with Crippen LogP contribution >= 0.6 is 15.9 Å². The molecule has 0 bridgehead atoms. The lowest BCUT2D eigenvalue weighted by molar-refractivity contribution is -0.139. The van der Waals surface area contributed by atoms with Gasteiger partial charge in [0.05, 0.1) is 10.6 Å². The predicted octanol–water partition coefficient (Wildman–Crippen LogP) is 6.41. The van der Waals surface area contributed by atoms with Crippen molar-refractivity contribution < 1.29 is 18.0 Å². The molecule has 220 valence electrons. The summed E-state index contributed by atoms with van der Waals surface area (Å²) in [6.45, 7) is 11.2. The molecule has 0 fully saturated rings. The number of amides is 2. The van der Waals surface area contributed by atoms with Crippen LogP contribution in [-0.2, 0) is 26.2 Å². The van der Waals surface area contributed by atoms with Gasteiger partial charge in [0.2, 0.25) is 11.8 Å². The van der Waals surface area contributed by atoms with Crippen molar-refractivity contribution in [2.45, 2.75) is 77.4 Å². The van der Waals surface area contributed by atoms with Gasteiger partial charge in [-0.1, -0.05) is 78.7 Å². The van der Waals surface area contributed by atoms with Crippen molar-refractivity contribution in [3.05, 3.63) is 94.0 Å². The Kier molecular flexibility index (Phi) is 11.2. The van der Waals surface area contributed by atoms with Crippen LogP contribution in [0.1, 0.15) is 63.6 Å². The van der Waals surface area contributed by atoms with Gasteiger partial charge in [-0.05, 0) is 80.6 Å². The fourth-order valence-electron chi connectivity index (χ4n) is 4.27. The summed E-state index contributed by atoms with van der Waals surface area (Å²) in [4.78, 5) is 28.8. The average Bonchev–Trinajstić information content (AvgIpc) is 2.94. The number of anilines is 1. The molecule has 2 atom stereocenters. The molecule has 0 aliphatic heterocycles. The average molecular weight is 643 g/mol. The molecule has 3 aromatic carbocycles. The van der Waals surface area contributed by atoms with Crippen LogP contribution in [-0.4, -0.2) is 43.8 Å². The van der Waals surface area contributed by atoms with Crippen LogP contribution < -0.4 is 9.62 Å². The Hall–Kier alpha value is -3.17. The Labute approximate surface area is 253 Å². The van der Waals surface area contributed by atoms with Crippen LogP contribution in [0.25, 0.3) is 0 Å². The SMILES string of the molecule is CC[C@H](C)NC(=O)[C@H](C)N(Cc1cccc(Br)c1)C(=O)CN(c1ccc(C(C)C)cc1)S(=O)(=O)c1ccc(C)cc1. The molecule has 0 aliphatic rings. The topological polar surface area (TPSA) is 86.8 Å². The van der Waals surface area contributed by atoms with Crippen molar-refractivity contribution >= 4 is 43.5 Å². The molecule has 9 heteroatoms. The van der Waals surface area contributed by atoms with Crippen LogP contribution in [0, 0.1) is 6.92 Å². The maximum Gasteiger partial charge on any atom is 0.264 e.